The lowest BCUT2D eigenvalue weighted by atomic mass is 10.1. The number of fused-ring (bicyclic) bond motifs is 1. The first kappa shape index (κ1) is 23.4. The summed E-state index contributed by atoms with van der Waals surface area (Å²) in [6.45, 7) is 6.57. The quantitative estimate of drug-likeness (QED) is 0.469. The predicted molar refractivity (Wildman–Crippen MR) is 125 cm³/mol. The molecule has 0 atom stereocenters. The van der Waals surface area contributed by atoms with Gasteiger partial charge in [-0.25, -0.2) is 18.2 Å². The Morgan fingerprint density at radius 2 is 1.79 bits per heavy atom. The molecular formula is C24H29N3O5S. The number of morpholine rings is 1. The van der Waals surface area contributed by atoms with Crippen LogP contribution in [0.2, 0.25) is 0 Å². The number of esters is 1. The molecule has 0 saturated carbocycles. The molecule has 0 radical (unpaired) electrons. The molecule has 3 aromatic rings. The maximum Gasteiger partial charge on any atom is 0.338 e. The zero-order chi connectivity index (χ0) is 23.4. The smallest absolute Gasteiger partial charge is 0.338 e. The highest BCUT2D eigenvalue weighted by atomic mass is 32.2. The SMILES string of the molecule is CCOC(=O)c1ccc2c(c1)nc(CCc1ccc(S(=O)(=O)N3CCOCC3)cc1)n2CC. The van der Waals surface area contributed by atoms with E-state index in [9.17, 15) is 13.2 Å². The molecule has 0 N–H and O–H groups in total. The van der Waals surface area contributed by atoms with Crippen molar-refractivity contribution in [2.75, 3.05) is 32.9 Å². The molecular weight excluding hydrogens is 442 g/mol. The van der Waals surface area contributed by atoms with E-state index in [2.05, 4.69) is 11.5 Å². The van der Waals surface area contributed by atoms with Gasteiger partial charge in [0.15, 0.2) is 0 Å². The van der Waals surface area contributed by atoms with Gasteiger partial charge in [-0.05, 0) is 56.2 Å². The van der Waals surface area contributed by atoms with Gasteiger partial charge in [0.2, 0.25) is 10.0 Å². The van der Waals surface area contributed by atoms with Crippen LogP contribution in [-0.2, 0) is 38.9 Å². The van der Waals surface area contributed by atoms with E-state index in [1.165, 1.54) is 4.31 Å². The van der Waals surface area contributed by atoms with Crippen molar-refractivity contribution in [1.29, 1.82) is 0 Å². The van der Waals surface area contributed by atoms with Crippen LogP contribution in [0.15, 0.2) is 47.4 Å². The van der Waals surface area contributed by atoms with Gasteiger partial charge >= 0.3 is 5.97 Å². The Balaban J connectivity index is 1.49. The van der Waals surface area contributed by atoms with E-state index < -0.39 is 10.0 Å². The highest BCUT2D eigenvalue weighted by Crippen LogP contribution is 2.21. The summed E-state index contributed by atoms with van der Waals surface area (Å²) >= 11 is 0. The zero-order valence-electron chi connectivity index (χ0n) is 19.0. The lowest BCUT2D eigenvalue weighted by Crippen LogP contribution is -2.40. The summed E-state index contributed by atoms with van der Waals surface area (Å²) in [6, 6.07) is 12.5. The molecule has 9 heteroatoms. The lowest BCUT2D eigenvalue weighted by molar-refractivity contribution is 0.0526. The van der Waals surface area contributed by atoms with E-state index >= 15 is 0 Å². The molecule has 2 aromatic carbocycles. The number of nitrogens with zero attached hydrogens (tertiary/aromatic N) is 3. The van der Waals surface area contributed by atoms with Gasteiger partial charge in [0, 0.05) is 26.1 Å². The van der Waals surface area contributed by atoms with Crippen LogP contribution < -0.4 is 0 Å². The Morgan fingerprint density at radius 1 is 1.06 bits per heavy atom. The molecule has 1 aliphatic rings. The number of hydrogen-bond acceptors (Lipinski definition) is 6. The molecule has 0 aliphatic carbocycles. The lowest BCUT2D eigenvalue weighted by Gasteiger charge is -2.26. The van der Waals surface area contributed by atoms with Gasteiger partial charge in [0.25, 0.3) is 0 Å². The largest absolute Gasteiger partial charge is 0.462 e. The fourth-order valence-electron chi connectivity index (χ4n) is 4.09. The maximum absolute atomic E-state index is 12.8. The predicted octanol–water partition coefficient (Wildman–Crippen LogP) is 3.04. The summed E-state index contributed by atoms with van der Waals surface area (Å²) in [5.74, 6) is 0.581. The molecule has 2 heterocycles. The molecule has 0 bridgehead atoms. The summed E-state index contributed by atoms with van der Waals surface area (Å²) in [4.78, 5) is 17.1. The first-order valence-electron chi connectivity index (χ1n) is 11.3. The van der Waals surface area contributed by atoms with E-state index in [4.69, 9.17) is 14.5 Å². The van der Waals surface area contributed by atoms with Gasteiger partial charge in [-0.2, -0.15) is 4.31 Å². The van der Waals surface area contributed by atoms with Crippen LogP contribution in [-0.4, -0.2) is 61.2 Å². The number of sulfonamides is 1. The minimum absolute atomic E-state index is 0.306. The average Bonchev–Trinajstić information content (AvgIpc) is 3.20. The van der Waals surface area contributed by atoms with Gasteiger partial charge in [-0.3, -0.25) is 0 Å². The first-order chi connectivity index (χ1) is 15.9. The van der Waals surface area contributed by atoms with E-state index in [0.717, 1.165) is 35.4 Å². The number of aryl methyl sites for hydroxylation is 3. The number of imidazole rings is 1. The van der Waals surface area contributed by atoms with E-state index in [1.54, 1.807) is 31.2 Å². The highest BCUT2D eigenvalue weighted by Gasteiger charge is 2.26. The summed E-state index contributed by atoms with van der Waals surface area (Å²) in [7, 11) is -3.49. The topological polar surface area (TPSA) is 90.7 Å². The molecule has 1 fully saturated rings. The fraction of sp³-hybridized carbons (Fsp3) is 0.417. The average molecular weight is 472 g/mol. The molecule has 176 valence electrons. The van der Waals surface area contributed by atoms with Crippen LogP contribution in [0.4, 0.5) is 0 Å². The van der Waals surface area contributed by atoms with Crippen molar-refractivity contribution < 1.29 is 22.7 Å². The molecule has 1 aliphatic heterocycles. The van der Waals surface area contributed by atoms with Crippen LogP contribution in [0.1, 0.15) is 35.6 Å². The van der Waals surface area contributed by atoms with E-state index in [1.807, 2.05) is 18.2 Å². The summed E-state index contributed by atoms with van der Waals surface area (Å²) in [5.41, 5.74) is 3.28. The van der Waals surface area contributed by atoms with Crippen molar-refractivity contribution in [2.24, 2.45) is 0 Å². The van der Waals surface area contributed by atoms with Gasteiger partial charge in [0.1, 0.15) is 5.82 Å². The standard InChI is InChI=1S/C24H29N3O5S/c1-3-27-22-11-8-19(24(28)32-4-2)17-21(22)25-23(27)12-7-18-5-9-20(10-6-18)33(29,30)26-13-15-31-16-14-26/h5-6,8-11,17H,3-4,7,12-16H2,1-2H3. The third kappa shape index (κ3) is 4.95. The van der Waals surface area contributed by atoms with Crippen LogP contribution in [0, 0.1) is 0 Å². The fourth-order valence-corrected chi connectivity index (χ4v) is 5.49. The summed E-state index contributed by atoms with van der Waals surface area (Å²) in [5, 5.41) is 0. The third-order valence-electron chi connectivity index (χ3n) is 5.82. The molecule has 0 unspecified atom stereocenters. The Kier molecular flexibility index (Phi) is 7.11. The van der Waals surface area contributed by atoms with Crippen molar-refractivity contribution in [3.63, 3.8) is 0 Å². The number of rotatable bonds is 8. The van der Waals surface area contributed by atoms with Crippen LogP contribution >= 0.6 is 0 Å². The number of carbonyl (C=O) groups is 1. The number of aromatic nitrogens is 2. The van der Waals surface area contributed by atoms with Crippen LogP contribution in [0.3, 0.4) is 0 Å². The minimum atomic E-state index is -3.49. The van der Waals surface area contributed by atoms with Crippen molar-refractivity contribution in [2.45, 2.75) is 38.1 Å². The Bertz CT molecular complexity index is 1230. The van der Waals surface area contributed by atoms with E-state index in [-0.39, 0.29) is 5.97 Å². The van der Waals surface area contributed by atoms with Gasteiger partial charge < -0.3 is 14.0 Å². The molecule has 1 aromatic heterocycles. The molecule has 0 amide bonds. The van der Waals surface area contributed by atoms with Crippen molar-refractivity contribution in [3.8, 4) is 0 Å². The Morgan fingerprint density at radius 3 is 2.45 bits per heavy atom. The summed E-state index contributed by atoms with van der Waals surface area (Å²) < 4.78 is 39.6. The number of carbonyl (C=O) groups excluding carboxylic acids is 1. The van der Waals surface area contributed by atoms with Crippen molar-refractivity contribution in [1.82, 2.24) is 13.9 Å². The van der Waals surface area contributed by atoms with Crippen molar-refractivity contribution in [3.05, 3.63) is 59.4 Å². The third-order valence-corrected chi connectivity index (χ3v) is 7.74. The summed E-state index contributed by atoms with van der Waals surface area (Å²) in [6.07, 6.45) is 1.43. The second-order valence-electron chi connectivity index (χ2n) is 7.86. The number of ether oxygens (including phenoxy) is 2. The Labute approximate surface area is 194 Å². The van der Waals surface area contributed by atoms with Crippen molar-refractivity contribution >= 4 is 27.0 Å². The monoisotopic (exact) mass is 471 g/mol. The molecule has 8 nitrogen and oxygen atoms in total. The zero-order valence-corrected chi connectivity index (χ0v) is 19.8. The van der Waals surface area contributed by atoms with E-state index in [0.29, 0.717) is 49.8 Å². The normalized spacial score (nSPS) is 15.1. The highest BCUT2D eigenvalue weighted by molar-refractivity contribution is 7.89. The van der Waals surface area contributed by atoms with Crippen LogP contribution in [0.25, 0.3) is 11.0 Å². The number of benzene rings is 2. The van der Waals surface area contributed by atoms with Crippen LogP contribution in [0.5, 0.6) is 0 Å². The van der Waals surface area contributed by atoms with Gasteiger partial charge in [-0.1, -0.05) is 12.1 Å². The van der Waals surface area contributed by atoms with Gasteiger partial charge in [0.05, 0.1) is 41.3 Å². The van der Waals surface area contributed by atoms with Gasteiger partial charge in [-0.15, -0.1) is 0 Å². The second kappa shape index (κ2) is 10.0. The first-order valence-corrected chi connectivity index (χ1v) is 12.7. The number of hydrogen-bond donors (Lipinski definition) is 0. The molecule has 0 spiro atoms. The Hall–Kier alpha value is -2.75. The molecule has 33 heavy (non-hydrogen) atoms. The second-order valence-corrected chi connectivity index (χ2v) is 9.79. The molecule has 1 saturated heterocycles. The maximum atomic E-state index is 12.8. The minimum Gasteiger partial charge on any atom is -0.462 e. The molecule has 4 rings (SSSR count).